The Morgan fingerprint density at radius 3 is 2.11 bits per heavy atom. The molecule has 0 fully saturated rings. The monoisotopic (exact) mass is 246 g/mol. The van der Waals surface area contributed by atoms with Crippen LogP contribution in [0.2, 0.25) is 0 Å². The van der Waals surface area contributed by atoms with Crippen molar-refractivity contribution in [3.05, 3.63) is 47.5 Å². The van der Waals surface area contributed by atoms with Gasteiger partial charge in [0.05, 0.1) is 5.56 Å². The van der Waals surface area contributed by atoms with Gasteiger partial charge in [0.2, 0.25) is 0 Å². The van der Waals surface area contributed by atoms with E-state index in [-0.39, 0.29) is 28.4 Å². The van der Waals surface area contributed by atoms with Gasteiger partial charge < -0.3 is 20.4 Å². The first-order valence-corrected chi connectivity index (χ1v) is 5.07. The second kappa shape index (κ2) is 4.29. The van der Waals surface area contributed by atoms with Crippen LogP contribution in [0, 0.1) is 0 Å². The SMILES string of the molecule is O=C(c1ccc(O)c(O)c1)c1cc(O)ccc1O. The van der Waals surface area contributed by atoms with Gasteiger partial charge in [0.25, 0.3) is 0 Å². The molecule has 0 spiro atoms. The fraction of sp³-hybridized carbons (Fsp3) is 0. The van der Waals surface area contributed by atoms with Crippen molar-refractivity contribution in [2.24, 2.45) is 0 Å². The molecule has 4 N–H and O–H groups in total. The molecule has 2 aromatic carbocycles. The van der Waals surface area contributed by atoms with E-state index < -0.39 is 11.5 Å². The molecule has 0 saturated carbocycles. The highest BCUT2D eigenvalue weighted by molar-refractivity contribution is 6.11. The van der Waals surface area contributed by atoms with Crippen molar-refractivity contribution in [2.75, 3.05) is 0 Å². The first-order valence-electron chi connectivity index (χ1n) is 5.07. The summed E-state index contributed by atoms with van der Waals surface area (Å²) < 4.78 is 0. The summed E-state index contributed by atoms with van der Waals surface area (Å²) >= 11 is 0. The lowest BCUT2D eigenvalue weighted by Crippen LogP contribution is -2.01. The van der Waals surface area contributed by atoms with E-state index in [1.165, 1.54) is 24.3 Å². The average molecular weight is 246 g/mol. The minimum atomic E-state index is -0.571. The van der Waals surface area contributed by atoms with Gasteiger partial charge in [0.15, 0.2) is 17.3 Å². The summed E-state index contributed by atoms with van der Waals surface area (Å²) in [6, 6.07) is 7.13. The lowest BCUT2D eigenvalue weighted by molar-refractivity contribution is 0.103. The number of benzene rings is 2. The Morgan fingerprint density at radius 1 is 0.778 bits per heavy atom. The van der Waals surface area contributed by atoms with Crippen LogP contribution in [0.4, 0.5) is 0 Å². The molecule has 18 heavy (non-hydrogen) atoms. The molecule has 2 rings (SSSR count). The van der Waals surface area contributed by atoms with E-state index in [1.807, 2.05) is 0 Å². The van der Waals surface area contributed by atoms with Gasteiger partial charge >= 0.3 is 0 Å². The van der Waals surface area contributed by atoms with Crippen LogP contribution in [0.5, 0.6) is 23.0 Å². The zero-order valence-corrected chi connectivity index (χ0v) is 9.16. The maximum Gasteiger partial charge on any atom is 0.197 e. The summed E-state index contributed by atoms with van der Waals surface area (Å²) in [5.74, 6) is -1.77. The number of ketones is 1. The Hall–Kier alpha value is -2.69. The van der Waals surface area contributed by atoms with E-state index in [0.29, 0.717) is 0 Å². The molecule has 5 heteroatoms. The molecule has 0 bridgehead atoms. The van der Waals surface area contributed by atoms with Crippen LogP contribution >= 0.6 is 0 Å². The summed E-state index contributed by atoms with van der Waals surface area (Å²) in [6.07, 6.45) is 0. The van der Waals surface area contributed by atoms with Crippen molar-refractivity contribution >= 4 is 5.78 Å². The second-order valence-corrected chi connectivity index (χ2v) is 3.73. The molecule has 0 aliphatic carbocycles. The summed E-state index contributed by atoms with van der Waals surface area (Å²) in [7, 11) is 0. The summed E-state index contributed by atoms with van der Waals surface area (Å²) in [6.45, 7) is 0. The van der Waals surface area contributed by atoms with E-state index >= 15 is 0 Å². The Balaban J connectivity index is 2.47. The number of phenolic OH excluding ortho intramolecular Hbond substituents is 4. The number of carbonyl (C=O) groups excluding carboxylic acids is 1. The highest BCUT2D eigenvalue weighted by Crippen LogP contribution is 2.29. The van der Waals surface area contributed by atoms with Crippen LogP contribution in [0.3, 0.4) is 0 Å². The topological polar surface area (TPSA) is 98.0 Å². The Bertz CT molecular complexity index is 619. The number of hydrogen-bond acceptors (Lipinski definition) is 5. The molecule has 0 atom stereocenters. The Kier molecular flexibility index (Phi) is 2.81. The smallest absolute Gasteiger partial charge is 0.197 e. The minimum Gasteiger partial charge on any atom is -0.508 e. The molecule has 0 aromatic heterocycles. The van der Waals surface area contributed by atoms with Gasteiger partial charge in [-0.25, -0.2) is 0 Å². The molecule has 0 aliphatic heterocycles. The lowest BCUT2D eigenvalue weighted by Gasteiger charge is -2.05. The standard InChI is InChI=1S/C13H10O5/c14-8-2-4-10(15)9(6-8)13(18)7-1-3-11(16)12(17)5-7/h1-6,14-17H. The van der Waals surface area contributed by atoms with Crippen molar-refractivity contribution in [3.63, 3.8) is 0 Å². The zero-order chi connectivity index (χ0) is 13.3. The highest BCUT2D eigenvalue weighted by Gasteiger charge is 2.15. The predicted octanol–water partition coefficient (Wildman–Crippen LogP) is 1.74. The highest BCUT2D eigenvalue weighted by atomic mass is 16.3. The van der Waals surface area contributed by atoms with Gasteiger partial charge in [-0.3, -0.25) is 4.79 Å². The number of hydrogen-bond donors (Lipinski definition) is 4. The van der Waals surface area contributed by atoms with Crippen LogP contribution in [-0.2, 0) is 0 Å². The predicted molar refractivity (Wildman–Crippen MR) is 63.0 cm³/mol. The van der Waals surface area contributed by atoms with Crippen LogP contribution < -0.4 is 0 Å². The zero-order valence-electron chi connectivity index (χ0n) is 9.16. The molecular formula is C13H10O5. The molecule has 0 unspecified atom stereocenters. The third-order valence-corrected chi connectivity index (χ3v) is 2.46. The largest absolute Gasteiger partial charge is 0.508 e. The normalized spacial score (nSPS) is 10.2. The minimum absolute atomic E-state index is 0.0833. The lowest BCUT2D eigenvalue weighted by atomic mass is 10.0. The average Bonchev–Trinajstić information content (AvgIpc) is 2.35. The van der Waals surface area contributed by atoms with Crippen molar-refractivity contribution < 1.29 is 25.2 Å². The number of phenols is 4. The molecule has 0 aliphatic rings. The molecule has 0 amide bonds. The third kappa shape index (κ3) is 2.06. The summed E-state index contributed by atoms with van der Waals surface area (Å²) in [4.78, 5) is 12.0. The van der Waals surface area contributed by atoms with Crippen molar-refractivity contribution in [2.45, 2.75) is 0 Å². The Labute approximate surface area is 102 Å². The fourth-order valence-electron chi connectivity index (χ4n) is 1.53. The molecule has 0 saturated heterocycles. The van der Waals surface area contributed by atoms with Crippen molar-refractivity contribution in [3.8, 4) is 23.0 Å². The van der Waals surface area contributed by atoms with Crippen LogP contribution in [-0.4, -0.2) is 26.2 Å². The van der Waals surface area contributed by atoms with Crippen molar-refractivity contribution in [1.29, 1.82) is 0 Å². The van der Waals surface area contributed by atoms with E-state index in [4.69, 9.17) is 5.11 Å². The van der Waals surface area contributed by atoms with Gasteiger partial charge in [-0.15, -0.1) is 0 Å². The van der Waals surface area contributed by atoms with Gasteiger partial charge in [-0.05, 0) is 36.4 Å². The first kappa shape index (κ1) is 11.8. The molecule has 0 heterocycles. The molecule has 2 aromatic rings. The van der Waals surface area contributed by atoms with Crippen LogP contribution in [0.15, 0.2) is 36.4 Å². The van der Waals surface area contributed by atoms with E-state index in [2.05, 4.69) is 0 Å². The fourth-order valence-corrected chi connectivity index (χ4v) is 1.53. The van der Waals surface area contributed by atoms with Gasteiger partial charge in [-0.2, -0.15) is 0 Å². The van der Waals surface area contributed by atoms with Gasteiger partial charge in [0.1, 0.15) is 11.5 Å². The van der Waals surface area contributed by atoms with Crippen LogP contribution in [0.1, 0.15) is 15.9 Å². The second-order valence-electron chi connectivity index (χ2n) is 3.73. The van der Waals surface area contributed by atoms with Crippen LogP contribution in [0.25, 0.3) is 0 Å². The third-order valence-electron chi connectivity index (χ3n) is 2.46. The molecule has 0 radical (unpaired) electrons. The summed E-state index contributed by atoms with van der Waals surface area (Å²) in [5.41, 5.74) is 0.00582. The Morgan fingerprint density at radius 2 is 1.44 bits per heavy atom. The van der Waals surface area contributed by atoms with E-state index in [1.54, 1.807) is 0 Å². The number of rotatable bonds is 2. The van der Waals surface area contributed by atoms with E-state index in [0.717, 1.165) is 12.1 Å². The van der Waals surface area contributed by atoms with Crippen molar-refractivity contribution in [1.82, 2.24) is 0 Å². The quantitative estimate of drug-likeness (QED) is 0.367. The van der Waals surface area contributed by atoms with Gasteiger partial charge in [-0.1, -0.05) is 0 Å². The molecular weight excluding hydrogens is 236 g/mol. The van der Waals surface area contributed by atoms with E-state index in [9.17, 15) is 20.1 Å². The molecule has 5 nitrogen and oxygen atoms in total. The maximum atomic E-state index is 12.0. The number of carbonyl (C=O) groups is 1. The summed E-state index contributed by atoms with van der Waals surface area (Å²) in [5, 5.41) is 37.3. The molecule has 92 valence electrons. The van der Waals surface area contributed by atoms with Gasteiger partial charge in [0, 0.05) is 5.56 Å². The number of aromatic hydroxyl groups is 4. The first-order chi connectivity index (χ1) is 8.49. The maximum absolute atomic E-state index is 12.0.